The van der Waals surface area contributed by atoms with Gasteiger partial charge < -0.3 is 4.74 Å². The summed E-state index contributed by atoms with van der Waals surface area (Å²) in [4.78, 5) is 0. The van der Waals surface area contributed by atoms with E-state index in [4.69, 9.17) is 16.3 Å². The monoisotopic (exact) mass is 342 g/mol. The molecule has 5 heteroatoms. The van der Waals surface area contributed by atoms with Crippen LogP contribution in [0.3, 0.4) is 0 Å². The van der Waals surface area contributed by atoms with Crippen LogP contribution in [0.15, 0.2) is 22.7 Å². The van der Waals surface area contributed by atoms with Crippen LogP contribution in [-0.2, 0) is 13.2 Å². The van der Waals surface area contributed by atoms with Crippen molar-refractivity contribution in [3.63, 3.8) is 0 Å². The zero-order chi connectivity index (χ0) is 14.0. The average molecular weight is 344 g/mol. The summed E-state index contributed by atoms with van der Waals surface area (Å²) < 4.78 is 8.74. The number of aromatic nitrogens is 2. The zero-order valence-corrected chi connectivity index (χ0v) is 13.5. The first-order valence-electron chi connectivity index (χ1n) is 6.13. The molecule has 0 radical (unpaired) electrons. The Bertz CT molecular complexity index is 595. The Balaban J connectivity index is 2.21. The van der Waals surface area contributed by atoms with Crippen LogP contribution >= 0.6 is 27.5 Å². The summed E-state index contributed by atoms with van der Waals surface area (Å²) in [5.41, 5.74) is 2.85. The fraction of sp³-hybridized carbons (Fsp3) is 0.357. The van der Waals surface area contributed by atoms with Crippen molar-refractivity contribution in [1.82, 2.24) is 9.78 Å². The summed E-state index contributed by atoms with van der Waals surface area (Å²) in [6.45, 7) is 7.17. The van der Waals surface area contributed by atoms with Crippen molar-refractivity contribution in [3.8, 4) is 5.75 Å². The van der Waals surface area contributed by atoms with Crippen LogP contribution < -0.4 is 4.74 Å². The zero-order valence-electron chi connectivity index (χ0n) is 11.2. The van der Waals surface area contributed by atoms with Crippen molar-refractivity contribution >= 4 is 27.5 Å². The van der Waals surface area contributed by atoms with E-state index in [-0.39, 0.29) is 0 Å². The third-order valence-corrected chi connectivity index (χ3v) is 3.95. The quantitative estimate of drug-likeness (QED) is 0.816. The molecular formula is C14H16BrClN2O. The molecule has 102 valence electrons. The largest absolute Gasteiger partial charge is 0.487 e. The minimum absolute atomic E-state index is 0.421. The lowest BCUT2D eigenvalue weighted by Crippen LogP contribution is -2.07. The minimum Gasteiger partial charge on any atom is -0.487 e. The van der Waals surface area contributed by atoms with E-state index in [0.717, 1.165) is 33.7 Å². The number of aryl methyl sites for hydroxylation is 3. The summed E-state index contributed by atoms with van der Waals surface area (Å²) in [7, 11) is 0. The van der Waals surface area contributed by atoms with Gasteiger partial charge in [0.2, 0.25) is 0 Å². The Morgan fingerprint density at radius 3 is 2.79 bits per heavy atom. The van der Waals surface area contributed by atoms with Crippen LogP contribution in [0.4, 0.5) is 0 Å². The van der Waals surface area contributed by atoms with E-state index in [0.29, 0.717) is 11.6 Å². The molecule has 0 aliphatic heterocycles. The predicted octanol–water partition coefficient (Wildman–Crippen LogP) is 4.51. The normalized spacial score (nSPS) is 10.8. The molecule has 0 bridgehead atoms. The molecular weight excluding hydrogens is 328 g/mol. The van der Waals surface area contributed by atoms with E-state index >= 15 is 0 Å². The molecule has 0 atom stereocenters. The van der Waals surface area contributed by atoms with E-state index in [9.17, 15) is 0 Å². The second kappa shape index (κ2) is 5.97. The Kier molecular flexibility index (Phi) is 4.53. The fourth-order valence-electron chi connectivity index (χ4n) is 1.88. The third-order valence-electron chi connectivity index (χ3n) is 2.97. The minimum atomic E-state index is 0.421. The molecule has 0 aliphatic rings. The highest BCUT2D eigenvalue weighted by Crippen LogP contribution is 2.26. The van der Waals surface area contributed by atoms with Crippen LogP contribution in [0.25, 0.3) is 0 Å². The molecule has 0 aliphatic carbocycles. The predicted molar refractivity (Wildman–Crippen MR) is 80.9 cm³/mol. The smallest absolute Gasteiger partial charge is 0.131 e. The molecule has 0 N–H and O–H groups in total. The maximum atomic E-state index is 6.26. The van der Waals surface area contributed by atoms with Gasteiger partial charge >= 0.3 is 0 Å². The number of nitrogens with zero attached hydrogens (tertiary/aromatic N) is 2. The van der Waals surface area contributed by atoms with Gasteiger partial charge in [-0.05, 0) is 38.5 Å². The van der Waals surface area contributed by atoms with E-state index in [1.165, 1.54) is 0 Å². The van der Waals surface area contributed by atoms with Crippen molar-refractivity contribution in [2.45, 2.75) is 33.9 Å². The molecule has 0 spiro atoms. The Morgan fingerprint density at radius 1 is 1.37 bits per heavy atom. The lowest BCUT2D eigenvalue weighted by atomic mass is 10.2. The van der Waals surface area contributed by atoms with Gasteiger partial charge in [0, 0.05) is 11.0 Å². The Hall–Kier alpha value is -1.000. The van der Waals surface area contributed by atoms with Crippen molar-refractivity contribution in [1.29, 1.82) is 0 Å². The summed E-state index contributed by atoms with van der Waals surface area (Å²) in [5, 5.41) is 5.07. The summed E-state index contributed by atoms with van der Waals surface area (Å²) >= 11 is 9.70. The van der Waals surface area contributed by atoms with Gasteiger partial charge in [0.25, 0.3) is 0 Å². The van der Waals surface area contributed by atoms with Crippen LogP contribution in [0, 0.1) is 13.8 Å². The van der Waals surface area contributed by atoms with Gasteiger partial charge in [-0.2, -0.15) is 5.10 Å². The van der Waals surface area contributed by atoms with Gasteiger partial charge in [0.15, 0.2) is 0 Å². The highest BCUT2D eigenvalue weighted by molar-refractivity contribution is 9.10. The van der Waals surface area contributed by atoms with E-state index < -0.39 is 0 Å². The number of rotatable bonds is 4. The fourth-order valence-corrected chi connectivity index (χ4v) is 2.41. The van der Waals surface area contributed by atoms with Crippen LogP contribution in [-0.4, -0.2) is 9.78 Å². The number of benzene rings is 1. The van der Waals surface area contributed by atoms with Crippen molar-refractivity contribution < 1.29 is 4.74 Å². The first-order valence-corrected chi connectivity index (χ1v) is 7.30. The molecule has 0 fully saturated rings. The Labute approximate surface area is 126 Å². The Morgan fingerprint density at radius 2 is 2.11 bits per heavy atom. The molecule has 2 rings (SSSR count). The van der Waals surface area contributed by atoms with E-state index in [2.05, 4.69) is 21.0 Å². The molecule has 3 nitrogen and oxygen atoms in total. The summed E-state index contributed by atoms with van der Waals surface area (Å²) in [5.74, 6) is 0.854. The maximum absolute atomic E-state index is 6.26. The molecule has 0 amide bonds. The molecule has 2 aromatic rings. The molecule has 19 heavy (non-hydrogen) atoms. The van der Waals surface area contributed by atoms with Gasteiger partial charge in [0.1, 0.15) is 12.4 Å². The standard InChI is InChI=1S/C14H16BrClN2O/c1-4-18-12(14(16)10(3)17-18)8-19-13-7-11(15)6-5-9(13)2/h5-7H,4,8H2,1-3H3. The first-order chi connectivity index (χ1) is 9.02. The maximum Gasteiger partial charge on any atom is 0.131 e. The van der Waals surface area contributed by atoms with Gasteiger partial charge in [-0.3, -0.25) is 4.68 Å². The van der Waals surface area contributed by atoms with E-state index in [1.54, 1.807) is 0 Å². The summed E-state index contributed by atoms with van der Waals surface area (Å²) in [6, 6.07) is 5.97. The topological polar surface area (TPSA) is 27.1 Å². The number of hydrogen-bond donors (Lipinski definition) is 0. The van der Waals surface area contributed by atoms with Crippen molar-refractivity contribution in [2.75, 3.05) is 0 Å². The van der Waals surface area contributed by atoms with E-state index in [1.807, 2.05) is 43.7 Å². The highest BCUT2D eigenvalue weighted by atomic mass is 79.9. The molecule has 1 aromatic carbocycles. The van der Waals surface area contributed by atoms with Crippen LogP contribution in [0.1, 0.15) is 23.9 Å². The first kappa shape index (κ1) is 14.4. The van der Waals surface area contributed by atoms with Crippen molar-refractivity contribution in [2.24, 2.45) is 0 Å². The van der Waals surface area contributed by atoms with Gasteiger partial charge in [-0.15, -0.1) is 0 Å². The number of halogens is 2. The summed E-state index contributed by atoms with van der Waals surface area (Å²) in [6.07, 6.45) is 0. The van der Waals surface area contributed by atoms with Crippen molar-refractivity contribution in [3.05, 3.63) is 44.6 Å². The number of hydrogen-bond acceptors (Lipinski definition) is 2. The second-order valence-electron chi connectivity index (χ2n) is 4.36. The highest BCUT2D eigenvalue weighted by Gasteiger charge is 2.13. The lowest BCUT2D eigenvalue weighted by molar-refractivity contribution is 0.290. The number of ether oxygens (including phenoxy) is 1. The van der Waals surface area contributed by atoms with Crippen LogP contribution in [0.5, 0.6) is 5.75 Å². The molecule has 1 aromatic heterocycles. The third kappa shape index (κ3) is 3.12. The van der Waals surface area contributed by atoms with Crippen LogP contribution in [0.2, 0.25) is 5.02 Å². The SMILES string of the molecule is CCn1nc(C)c(Cl)c1COc1cc(Br)ccc1C. The lowest BCUT2D eigenvalue weighted by Gasteiger charge is -2.11. The average Bonchev–Trinajstić information content (AvgIpc) is 2.66. The molecule has 0 unspecified atom stereocenters. The van der Waals surface area contributed by atoms with Gasteiger partial charge in [-0.25, -0.2) is 0 Å². The molecule has 0 saturated carbocycles. The molecule has 1 heterocycles. The van der Waals surface area contributed by atoms with Gasteiger partial charge in [-0.1, -0.05) is 33.6 Å². The second-order valence-corrected chi connectivity index (χ2v) is 5.65. The molecule has 0 saturated heterocycles. The van der Waals surface area contributed by atoms with Gasteiger partial charge in [0.05, 0.1) is 16.4 Å².